The lowest BCUT2D eigenvalue weighted by Gasteiger charge is -2.02. The number of imidazole rings is 1. The van der Waals surface area contributed by atoms with Gasteiger partial charge in [-0.15, -0.1) is 0 Å². The molecule has 1 amide bonds. The van der Waals surface area contributed by atoms with E-state index in [1.54, 1.807) is 12.3 Å². The first-order chi connectivity index (χ1) is 13.1. The van der Waals surface area contributed by atoms with Gasteiger partial charge in [0.05, 0.1) is 10.6 Å². The number of pyridine rings is 1. The third-order valence-electron chi connectivity index (χ3n) is 3.91. The largest absolute Gasteiger partial charge is 0.333 e. The zero-order valence-electron chi connectivity index (χ0n) is 14.3. The summed E-state index contributed by atoms with van der Waals surface area (Å²) < 4.78 is 1.92. The molecule has 0 spiro atoms. The number of hydrogen-bond donors (Lipinski definition) is 1. The van der Waals surface area contributed by atoms with Gasteiger partial charge in [0.1, 0.15) is 5.15 Å². The number of aromatic nitrogens is 4. The summed E-state index contributed by atoms with van der Waals surface area (Å²) in [5.74, 6) is 0.498. The summed E-state index contributed by atoms with van der Waals surface area (Å²) in [5.41, 5.74) is 2.15. The maximum atomic E-state index is 12.5. The first-order valence-corrected chi connectivity index (χ1v) is 9.28. The van der Waals surface area contributed by atoms with Gasteiger partial charge in [0, 0.05) is 36.8 Å². The summed E-state index contributed by atoms with van der Waals surface area (Å²) in [7, 11) is 1.92. The third-order valence-corrected chi connectivity index (χ3v) is 5.08. The van der Waals surface area contributed by atoms with Gasteiger partial charge in [-0.25, -0.2) is 15.0 Å². The molecule has 3 heterocycles. The molecule has 3 aromatic heterocycles. The first kappa shape index (κ1) is 17.4. The number of thiazole rings is 1. The van der Waals surface area contributed by atoms with Crippen molar-refractivity contribution in [2.75, 3.05) is 5.32 Å². The van der Waals surface area contributed by atoms with Crippen LogP contribution in [0.5, 0.6) is 0 Å². The number of anilines is 1. The van der Waals surface area contributed by atoms with Gasteiger partial charge in [0.25, 0.3) is 5.91 Å². The maximum Gasteiger partial charge on any atom is 0.257 e. The predicted molar refractivity (Wildman–Crippen MR) is 107 cm³/mol. The Morgan fingerprint density at radius 2 is 1.96 bits per heavy atom. The molecule has 1 aromatic carbocycles. The number of nitrogens with one attached hydrogen (secondary N) is 1. The molecule has 0 atom stereocenters. The van der Waals surface area contributed by atoms with Crippen molar-refractivity contribution in [1.82, 2.24) is 19.5 Å². The number of hydrogen-bond acceptors (Lipinski definition) is 5. The van der Waals surface area contributed by atoms with Crippen LogP contribution < -0.4 is 5.32 Å². The van der Waals surface area contributed by atoms with E-state index >= 15 is 0 Å². The molecule has 0 radical (unpaired) electrons. The molecule has 1 N–H and O–H groups in total. The number of rotatable bonds is 4. The quantitative estimate of drug-likeness (QED) is 0.516. The van der Waals surface area contributed by atoms with E-state index in [1.807, 2.05) is 48.1 Å². The van der Waals surface area contributed by atoms with Crippen molar-refractivity contribution < 1.29 is 4.79 Å². The van der Waals surface area contributed by atoms with Gasteiger partial charge in [-0.05, 0) is 12.1 Å². The molecule has 0 fully saturated rings. The predicted octanol–water partition coefficient (Wildman–Crippen LogP) is 4.51. The molecule has 134 valence electrons. The number of carbonyl (C=O) groups is 1. The Labute approximate surface area is 164 Å². The van der Waals surface area contributed by atoms with Crippen LogP contribution >= 0.6 is 22.9 Å². The van der Waals surface area contributed by atoms with E-state index in [1.165, 1.54) is 23.6 Å². The minimum absolute atomic E-state index is 0.264. The Hall–Kier alpha value is -3.03. The summed E-state index contributed by atoms with van der Waals surface area (Å²) in [6.07, 6.45) is 5.11. The molecule has 4 aromatic rings. The average molecular weight is 396 g/mol. The van der Waals surface area contributed by atoms with Crippen LogP contribution in [0.15, 0.2) is 61.1 Å². The molecule has 0 aliphatic carbocycles. The summed E-state index contributed by atoms with van der Waals surface area (Å²) in [6, 6.07) is 12.9. The number of carbonyl (C=O) groups excluding carboxylic acids is 1. The van der Waals surface area contributed by atoms with Crippen molar-refractivity contribution in [1.29, 1.82) is 0 Å². The smallest absolute Gasteiger partial charge is 0.257 e. The van der Waals surface area contributed by atoms with E-state index in [0.717, 1.165) is 22.0 Å². The molecule has 0 aliphatic rings. The Balaban J connectivity index is 1.73. The lowest BCUT2D eigenvalue weighted by Crippen LogP contribution is -2.11. The van der Waals surface area contributed by atoms with Crippen LogP contribution in [0.1, 0.15) is 10.4 Å². The zero-order valence-corrected chi connectivity index (χ0v) is 15.8. The highest BCUT2D eigenvalue weighted by Gasteiger charge is 2.19. The molecule has 0 aliphatic heterocycles. The first-order valence-electron chi connectivity index (χ1n) is 8.08. The van der Waals surface area contributed by atoms with Crippen LogP contribution in [0.4, 0.5) is 5.13 Å². The lowest BCUT2D eigenvalue weighted by molar-refractivity contribution is 0.102. The van der Waals surface area contributed by atoms with Gasteiger partial charge in [-0.3, -0.25) is 10.1 Å². The van der Waals surface area contributed by atoms with Gasteiger partial charge in [-0.1, -0.05) is 53.3 Å². The number of amides is 1. The molecule has 0 saturated carbocycles. The molecule has 0 unspecified atom stereocenters. The summed E-state index contributed by atoms with van der Waals surface area (Å²) in [4.78, 5) is 26.4. The zero-order chi connectivity index (χ0) is 18.8. The molecular weight excluding hydrogens is 382 g/mol. The molecule has 4 rings (SSSR count). The topological polar surface area (TPSA) is 72.7 Å². The van der Waals surface area contributed by atoms with Gasteiger partial charge >= 0.3 is 0 Å². The highest BCUT2D eigenvalue weighted by atomic mass is 35.5. The third kappa shape index (κ3) is 3.60. The van der Waals surface area contributed by atoms with Gasteiger partial charge in [-0.2, -0.15) is 0 Å². The highest BCUT2D eigenvalue weighted by molar-refractivity contribution is 7.19. The highest BCUT2D eigenvalue weighted by Crippen LogP contribution is 2.38. The van der Waals surface area contributed by atoms with Crippen molar-refractivity contribution in [2.24, 2.45) is 7.05 Å². The second kappa shape index (κ2) is 7.30. The summed E-state index contributed by atoms with van der Waals surface area (Å²) in [5, 5.41) is 3.60. The van der Waals surface area contributed by atoms with Crippen molar-refractivity contribution in [2.45, 2.75) is 0 Å². The van der Waals surface area contributed by atoms with Gasteiger partial charge in [0.15, 0.2) is 11.0 Å². The normalized spacial score (nSPS) is 10.7. The van der Waals surface area contributed by atoms with Gasteiger partial charge in [0.2, 0.25) is 0 Å². The van der Waals surface area contributed by atoms with Crippen LogP contribution in [-0.4, -0.2) is 25.4 Å². The Bertz CT molecular complexity index is 1110. The average Bonchev–Trinajstić information content (AvgIpc) is 3.28. The van der Waals surface area contributed by atoms with Crippen LogP contribution in [0, 0.1) is 0 Å². The summed E-state index contributed by atoms with van der Waals surface area (Å²) in [6.45, 7) is 0. The fourth-order valence-electron chi connectivity index (χ4n) is 2.61. The number of nitrogens with zero attached hydrogens (tertiary/aromatic N) is 4. The van der Waals surface area contributed by atoms with Crippen molar-refractivity contribution in [3.63, 3.8) is 0 Å². The van der Waals surface area contributed by atoms with E-state index in [0.29, 0.717) is 10.7 Å². The van der Waals surface area contributed by atoms with Crippen LogP contribution in [0.25, 0.3) is 22.0 Å². The van der Waals surface area contributed by atoms with E-state index in [9.17, 15) is 4.79 Å². The minimum atomic E-state index is -0.293. The molecule has 8 heteroatoms. The van der Waals surface area contributed by atoms with Crippen molar-refractivity contribution >= 4 is 34.0 Å². The second-order valence-corrected chi connectivity index (χ2v) is 7.13. The molecule has 0 saturated heterocycles. The van der Waals surface area contributed by atoms with Gasteiger partial charge < -0.3 is 4.57 Å². The second-order valence-electron chi connectivity index (χ2n) is 5.75. The Morgan fingerprint density at radius 1 is 1.15 bits per heavy atom. The molecular formula is C19H14ClN5OS. The summed E-state index contributed by atoms with van der Waals surface area (Å²) >= 11 is 7.25. The van der Waals surface area contributed by atoms with E-state index in [4.69, 9.17) is 11.6 Å². The maximum absolute atomic E-state index is 12.5. The molecule has 0 bridgehead atoms. The minimum Gasteiger partial charge on any atom is -0.333 e. The monoisotopic (exact) mass is 395 g/mol. The SMILES string of the molecule is Cn1ccnc1-c1sc(NC(=O)c2ccnc(Cl)c2)nc1-c1ccccc1. The fourth-order valence-corrected chi connectivity index (χ4v) is 3.81. The van der Waals surface area contributed by atoms with Crippen molar-refractivity contribution in [3.05, 3.63) is 71.8 Å². The number of halogens is 1. The standard InChI is InChI=1S/C19H14ClN5OS/c1-25-10-9-22-17(25)16-15(12-5-3-2-4-6-12)23-19(27-16)24-18(26)13-7-8-21-14(20)11-13/h2-11H,1H3,(H,23,24,26). The van der Waals surface area contributed by atoms with Crippen LogP contribution in [0.2, 0.25) is 5.15 Å². The Kier molecular flexibility index (Phi) is 4.70. The molecule has 27 heavy (non-hydrogen) atoms. The van der Waals surface area contributed by atoms with Crippen LogP contribution in [-0.2, 0) is 7.05 Å². The fraction of sp³-hybridized carbons (Fsp3) is 0.0526. The van der Waals surface area contributed by atoms with E-state index in [-0.39, 0.29) is 11.1 Å². The Morgan fingerprint density at radius 3 is 2.67 bits per heavy atom. The van der Waals surface area contributed by atoms with Crippen LogP contribution in [0.3, 0.4) is 0 Å². The van der Waals surface area contributed by atoms with E-state index < -0.39 is 0 Å². The van der Waals surface area contributed by atoms with E-state index in [2.05, 4.69) is 20.3 Å². The lowest BCUT2D eigenvalue weighted by atomic mass is 10.1. The molecule has 6 nitrogen and oxygen atoms in total. The van der Waals surface area contributed by atoms with Crippen molar-refractivity contribution in [3.8, 4) is 22.0 Å². The number of aryl methyl sites for hydroxylation is 1. The number of benzene rings is 1.